The highest BCUT2D eigenvalue weighted by Crippen LogP contribution is 2.27. The number of anilines is 1. The van der Waals surface area contributed by atoms with Crippen LogP contribution in [0, 0.1) is 0 Å². The summed E-state index contributed by atoms with van der Waals surface area (Å²) in [5.74, 6) is 0.726. The molecule has 0 saturated carbocycles. The first kappa shape index (κ1) is 14.4. The molecule has 5 nitrogen and oxygen atoms in total. The number of carbonyl (C=O) groups is 1. The minimum absolute atomic E-state index is 0.107. The lowest BCUT2D eigenvalue weighted by molar-refractivity contribution is -0.140. The number of aromatic nitrogens is 2. The van der Waals surface area contributed by atoms with Gasteiger partial charge in [0.1, 0.15) is 5.82 Å². The fraction of sp³-hybridized carbons (Fsp3) is 0.467. The zero-order chi connectivity index (χ0) is 14.9. The second-order valence-corrected chi connectivity index (χ2v) is 5.91. The van der Waals surface area contributed by atoms with E-state index in [4.69, 9.17) is 10.5 Å². The Bertz CT molecular complexity index is 638. The molecule has 108 valence electrons. The predicted molar refractivity (Wildman–Crippen MR) is 79.5 cm³/mol. The van der Waals surface area contributed by atoms with Crippen molar-refractivity contribution in [1.82, 2.24) is 9.55 Å². The Morgan fingerprint density at radius 2 is 2.10 bits per heavy atom. The second-order valence-electron chi connectivity index (χ2n) is 5.91. The smallest absolute Gasteiger partial charge is 0.307 e. The molecule has 0 fully saturated rings. The predicted octanol–water partition coefficient (Wildman–Crippen LogP) is 2.48. The van der Waals surface area contributed by atoms with Crippen LogP contribution in [0.3, 0.4) is 0 Å². The highest BCUT2D eigenvalue weighted by atomic mass is 16.5. The van der Waals surface area contributed by atoms with Gasteiger partial charge in [-0.15, -0.1) is 0 Å². The van der Waals surface area contributed by atoms with Gasteiger partial charge in [0.15, 0.2) is 0 Å². The first-order chi connectivity index (χ1) is 9.32. The monoisotopic (exact) mass is 275 g/mol. The number of nitrogens with zero attached hydrogens (tertiary/aromatic N) is 2. The quantitative estimate of drug-likeness (QED) is 0.690. The van der Waals surface area contributed by atoms with Gasteiger partial charge in [-0.2, -0.15) is 0 Å². The van der Waals surface area contributed by atoms with Crippen LogP contribution in [0.2, 0.25) is 0 Å². The number of methoxy groups -OCH3 is 1. The molecule has 1 aromatic heterocycles. The number of hydrogen-bond acceptors (Lipinski definition) is 4. The van der Waals surface area contributed by atoms with E-state index in [9.17, 15) is 4.79 Å². The first-order valence-corrected chi connectivity index (χ1v) is 6.66. The minimum Gasteiger partial charge on any atom is -0.469 e. The Labute approximate surface area is 118 Å². The van der Waals surface area contributed by atoms with Crippen LogP contribution in [0.25, 0.3) is 11.0 Å². The molecule has 0 amide bonds. The molecular formula is C15H21N3O2. The van der Waals surface area contributed by atoms with Crippen molar-refractivity contribution in [1.29, 1.82) is 0 Å². The topological polar surface area (TPSA) is 70.1 Å². The molecule has 1 heterocycles. The molecule has 5 heteroatoms. The van der Waals surface area contributed by atoms with Crippen molar-refractivity contribution in [3.8, 4) is 0 Å². The number of aryl methyl sites for hydroxylation is 1. The third-order valence-electron chi connectivity index (χ3n) is 3.21. The van der Waals surface area contributed by atoms with Crippen LogP contribution in [0.5, 0.6) is 0 Å². The molecule has 0 aliphatic heterocycles. The van der Waals surface area contributed by atoms with Crippen LogP contribution in [0.4, 0.5) is 5.69 Å². The van der Waals surface area contributed by atoms with Crippen LogP contribution in [-0.4, -0.2) is 22.6 Å². The van der Waals surface area contributed by atoms with Gasteiger partial charge in [0.05, 0.1) is 24.6 Å². The van der Waals surface area contributed by atoms with E-state index in [0.717, 1.165) is 16.9 Å². The number of ether oxygens (including phenoxy) is 1. The average molecular weight is 275 g/mol. The summed E-state index contributed by atoms with van der Waals surface area (Å²) in [6.45, 7) is 6.87. The van der Waals surface area contributed by atoms with Gasteiger partial charge in [-0.3, -0.25) is 4.79 Å². The van der Waals surface area contributed by atoms with E-state index in [1.165, 1.54) is 7.11 Å². The highest BCUT2D eigenvalue weighted by molar-refractivity contribution is 5.80. The summed E-state index contributed by atoms with van der Waals surface area (Å²) in [6.07, 6.45) is 0.329. The van der Waals surface area contributed by atoms with Crippen molar-refractivity contribution in [3.05, 3.63) is 24.0 Å². The summed E-state index contributed by atoms with van der Waals surface area (Å²) in [4.78, 5) is 16.1. The van der Waals surface area contributed by atoms with E-state index in [2.05, 4.69) is 30.3 Å². The van der Waals surface area contributed by atoms with Gasteiger partial charge < -0.3 is 15.0 Å². The Kier molecular flexibility index (Phi) is 3.70. The van der Waals surface area contributed by atoms with Crippen LogP contribution in [0.15, 0.2) is 18.2 Å². The Hall–Kier alpha value is -2.04. The van der Waals surface area contributed by atoms with Crippen molar-refractivity contribution in [2.24, 2.45) is 0 Å². The summed E-state index contributed by atoms with van der Waals surface area (Å²) in [5, 5.41) is 0. The van der Waals surface area contributed by atoms with Gasteiger partial charge >= 0.3 is 5.97 Å². The first-order valence-electron chi connectivity index (χ1n) is 6.66. The number of benzene rings is 1. The second kappa shape index (κ2) is 5.15. The standard InChI is InChI=1S/C15H21N3O2/c1-15(2,3)14-17-11-9-10(16)5-6-12(11)18(14)8-7-13(19)20-4/h5-6,9H,7-8,16H2,1-4H3. The number of nitrogen functional groups attached to an aromatic ring is 1. The summed E-state index contributed by atoms with van der Waals surface area (Å²) in [6, 6.07) is 5.66. The number of imidazole rings is 1. The Balaban J connectivity index is 2.50. The molecule has 0 spiro atoms. The molecule has 0 aliphatic carbocycles. The normalized spacial score (nSPS) is 11.8. The molecule has 0 unspecified atom stereocenters. The van der Waals surface area contributed by atoms with Crippen molar-refractivity contribution < 1.29 is 9.53 Å². The SMILES string of the molecule is COC(=O)CCn1c(C(C)(C)C)nc2cc(N)ccc21. The maximum absolute atomic E-state index is 11.4. The molecule has 0 aliphatic rings. The highest BCUT2D eigenvalue weighted by Gasteiger charge is 2.23. The minimum atomic E-state index is -0.220. The van der Waals surface area contributed by atoms with Crippen LogP contribution < -0.4 is 5.73 Å². The third-order valence-corrected chi connectivity index (χ3v) is 3.21. The summed E-state index contributed by atoms with van der Waals surface area (Å²) >= 11 is 0. The Morgan fingerprint density at radius 1 is 1.40 bits per heavy atom. The van der Waals surface area contributed by atoms with Crippen molar-refractivity contribution >= 4 is 22.7 Å². The fourth-order valence-corrected chi connectivity index (χ4v) is 2.25. The summed E-state index contributed by atoms with van der Waals surface area (Å²) < 4.78 is 6.79. The van der Waals surface area contributed by atoms with E-state index in [1.807, 2.05) is 18.2 Å². The number of esters is 1. The molecule has 1 aromatic carbocycles. The molecule has 0 atom stereocenters. The van der Waals surface area contributed by atoms with Crippen molar-refractivity contribution in [3.63, 3.8) is 0 Å². The number of hydrogen-bond donors (Lipinski definition) is 1. The number of fused-ring (bicyclic) bond motifs is 1. The van der Waals surface area contributed by atoms with E-state index in [1.54, 1.807) is 0 Å². The molecule has 2 aromatic rings. The fourth-order valence-electron chi connectivity index (χ4n) is 2.25. The third kappa shape index (κ3) is 2.76. The summed E-state index contributed by atoms with van der Waals surface area (Å²) in [5.41, 5.74) is 8.25. The van der Waals surface area contributed by atoms with Crippen LogP contribution >= 0.6 is 0 Å². The van der Waals surface area contributed by atoms with Gasteiger partial charge in [0.25, 0.3) is 0 Å². The van der Waals surface area contributed by atoms with E-state index in [-0.39, 0.29) is 11.4 Å². The van der Waals surface area contributed by atoms with Crippen LogP contribution in [0.1, 0.15) is 33.0 Å². The molecule has 2 N–H and O–H groups in total. The molecule has 0 bridgehead atoms. The average Bonchev–Trinajstić information content (AvgIpc) is 2.73. The maximum Gasteiger partial charge on any atom is 0.307 e. The van der Waals surface area contributed by atoms with E-state index >= 15 is 0 Å². The number of nitrogens with two attached hydrogens (primary N) is 1. The van der Waals surface area contributed by atoms with Gasteiger partial charge in [0.2, 0.25) is 0 Å². The number of carbonyl (C=O) groups excluding carboxylic acids is 1. The lowest BCUT2D eigenvalue weighted by Gasteiger charge is -2.20. The Morgan fingerprint density at radius 3 is 2.70 bits per heavy atom. The largest absolute Gasteiger partial charge is 0.469 e. The van der Waals surface area contributed by atoms with Crippen LogP contribution in [-0.2, 0) is 21.5 Å². The van der Waals surface area contributed by atoms with Crippen molar-refractivity contribution in [2.45, 2.75) is 39.2 Å². The lowest BCUT2D eigenvalue weighted by Crippen LogP contribution is -2.20. The summed E-state index contributed by atoms with van der Waals surface area (Å²) in [7, 11) is 1.40. The maximum atomic E-state index is 11.4. The van der Waals surface area contributed by atoms with E-state index < -0.39 is 0 Å². The van der Waals surface area contributed by atoms with E-state index in [0.29, 0.717) is 18.7 Å². The molecule has 20 heavy (non-hydrogen) atoms. The molecular weight excluding hydrogens is 254 g/mol. The van der Waals surface area contributed by atoms with Crippen molar-refractivity contribution in [2.75, 3.05) is 12.8 Å². The lowest BCUT2D eigenvalue weighted by atomic mass is 9.95. The zero-order valence-electron chi connectivity index (χ0n) is 12.4. The number of rotatable bonds is 3. The molecule has 0 radical (unpaired) electrons. The van der Waals surface area contributed by atoms with Gasteiger partial charge in [-0.1, -0.05) is 20.8 Å². The molecule has 0 saturated heterocycles. The van der Waals surface area contributed by atoms with Gasteiger partial charge in [0, 0.05) is 17.6 Å². The van der Waals surface area contributed by atoms with Gasteiger partial charge in [-0.25, -0.2) is 4.98 Å². The zero-order valence-corrected chi connectivity index (χ0v) is 12.4. The molecule has 2 rings (SSSR count). The van der Waals surface area contributed by atoms with Gasteiger partial charge in [-0.05, 0) is 18.2 Å².